The van der Waals surface area contributed by atoms with Crippen LogP contribution >= 0.6 is 11.3 Å². The average molecular weight is 354 g/mol. The van der Waals surface area contributed by atoms with Crippen LogP contribution in [-0.2, 0) is 11.2 Å². The fourth-order valence-corrected chi connectivity index (χ4v) is 4.02. The van der Waals surface area contributed by atoms with E-state index in [1.54, 1.807) is 11.3 Å². The highest BCUT2D eigenvalue weighted by Gasteiger charge is 2.20. The van der Waals surface area contributed by atoms with E-state index in [1.165, 1.54) is 5.56 Å². The molecule has 0 saturated carbocycles. The summed E-state index contributed by atoms with van der Waals surface area (Å²) < 4.78 is 2.06. The highest BCUT2D eigenvalue weighted by molar-refractivity contribution is 7.15. The molecule has 0 bridgehead atoms. The topological polar surface area (TPSA) is 40.9 Å². The van der Waals surface area contributed by atoms with Crippen molar-refractivity contribution in [2.75, 3.05) is 33.2 Å². The summed E-state index contributed by atoms with van der Waals surface area (Å²) in [6, 6.07) is 8.38. The third kappa shape index (κ3) is 3.32. The first-order chi connectivity index (χ1) is 12.1. The molecule has 1 aliphatic rings. The summed E-state index contributed by atoms with van der Waals surface area (Å²) in [6.07, 6.45) is 2.48. The van der Waals surface area contributed by atoms with Crippen molar-refractivity contribution in [1.82, 2.24) is 19.2 Å². The second kappa shape index (κ2) is 6.61. The van der Waals surface area contributed by atoms with Crippen molar-refractivity contribution in [2.45, 2.75) is 13.3 Å². The van der Waals surface area contributed by atoms with Crippen LogP contribution in [0, 0.1) is 6.92 Å². The fourth-order valence-electron chi connectivity index (χ4n) is 3.14. The zero-order valence-electron chi connectivity index (χ0n) is 14.6. The lowest BCUT2D eigenvalue weighted by Gasteiger charge is -2.32. The van der Waals surface area contributed by atoms with E-state index in [0.717, 1.165) is 48.1 Å². The molecule has 1 aliphatic heterocycles. The Morgan fingerprint density at radius 2 is 1.88 bits per heavy atom. The minimum Gasteiger partial charge on any atom is -0.340 e. The molecule has 130 valence electrons. The number of carbonyl (C=O) groups is 1. The summed E-state index contributed by atoms with van der Waals surface area (Å²) in [4.78, 5) is 22.5. The van der Waals surface area contributed by atoms with Crippen LogP contribution in [0.5, 0.6) is 0 Å². The SMILES string of the molecule is Cc1ccc(-c2cn3c(CC(=O)N4CCN(C)CC4)csc3n2)cc1. The summed E-state index contributed by atoms with van der Waals surface area (Å²) >= 11 is 1.59. The van der Waals surface area contributed by atoms with Crippen molar-refractivity contribution in [1.29, 1.82) is 0 Å². The van der Waals surface area contributed by atoms with Crippen LogP contribution in [0.2, 0.25) is 0 Å². The van der Waals surface area contributed by atoms with Crippen LogP contribution in [0.1, 0.15) is 11.3 Å². The zero-order chi connectivity index (χ0) is 17.4. The minimum atomic E-state index is 0.207. The Labute approximate surface area is 151 Å². The van der Waals surface area contributed by atoms with Crippen LogP contribution in [-0.4, -0.2) is 58.3 Å². The predicted molar refractivity (Wildman–Crippen MR) is 101 cm³/mol. The molecular formula is C19H22N4OS. The van der Waals surface area contributed by atoms with Gasteiger partial charge >= 0.3 is 0 Å². The molecular weight excluding hydrogens is 332 g/mol. The first-order valence-electron chi connectivity index (χ1n) is 8.59. The maximum absolute atomic E-state index is 12.6. The van der Waals surface area contributed by atoms with Gasteiger partial charge < -0.3 is 9.80 Å². The van der Waals surface area contributed by atoms with Crippen LogP contribution in [0.25, 0.3) is 16.2 Å². The number of fused-ring (bicyclic) bond motifs is 1. The van der Waals surface area contributed by atoms with E-state index in [4.69, 9.17) is 4.98 Å². The minimum absolute atomic E-state index is 0.207. The van der Waals surface area contributed by atoms with Crippen LogP contribution in [0.4, 0.5) is 0 Å². The quantitative estimate of drug-likeness (QED) is 0.726. The van der Waals surface area contributed by atoms with Gasteiger partial charge in [0, 0.05) is 49.0 Å². The van der Waals surface area contributed by atoms with E-state index < -0.39 is 0 Å². The molecule has 1 saturated heterocycles. The normalized spacial score (nSPS) is 15.8. The maximum Gasteiger partial charge on any atom is 0.228 e. The fraction of sp³-hybridized carbons (Fsp3) is 0.368. The van der Waals surface area contributed by atoms with Gasteiger partial charge in [-0.1, -0.05) is 29.8 Å². The number of amides is 1. The summed E-state index contributed by atoms with van der Waals surface area (Å²) in [5.74, 6) is 0.207. The summed E-state index contributed by atoms with van der Waals surface area (Å²) in [5, 5.41) is 2.05. The molecule has 0 unspecified atom stereocenters. The number of likely N-dealkylation sites (N-methyl/N-ethyl adjacent to an activating group) is 1. The lowest BCUT2D eigenvalue weighted by molar-refractivity contribution is -0.132. The second-order valence-electron chi connectivity index (χ2n) is 6.73. The smallest absolute Gasteiger partial charge is 0.228 e. The highest BCUT2D eigenvalue weighted by atomic mass is 32.1. The standard InChI is InChI=1S/C19H22N4OS/c1-14-3-5-15(6-4-14)17-12-23-16(13-25-19(23)20-17)11-18(24)22-9-7-21(2)8-10-22/h3-6,12-13H,7-11H2,1-2H3. The molecule has 2 aromatic heterocycles. The van der Waals surface area contributed by atoms with Gasteiger partial charge in [-0.2, -0.15) is 0 Å². The molecule has 6 heteroatoms. The number of rotatable bonds is 3. The van der Waals surface area contributed by atoms with Gasteiger partial charge in [0.05, 0.1) is 12.1 Å². The van der Waals surface area contributed by atoms with Crippen LogP contribution in [0.3, 0.4) is 0 Å². The number of hydrogen-bond acceptors (Lipinski definition) is 4. The first kappa shape index (κ1) is 16.3. The van der Waals surface area contributed by atoms with Crippen molar-refractivity contribution in [3.63, 3.8) is 0 Å². The van der Waals surface area contributed by atoms with E-state index >= 15 is 0 Å². The Kier molecular flexibility index (Phi) is 4.31. The number of aryl methyl sites for hydroxylation is 1. The second-order valence-corrected chi connectivity index (χ2v) is 7.57. The van der Waals surface area contributed by atoms with Gasteiger partial charge in [0.25, 0.3) is 0 Å². The lowest BCUT2D eigenvalue weighted by atomic mass is 10.1. The van der Waals surface area contributed by atoms with Crippen molar-refractivity contribution >= 4 is 22.2 Å². The number of carbonyl (C=O) groups excluding carboxylic acids is 1. The molecule has 4 rings (SSSR count). The van der Waals surface area contributed by atoms with E-state index in [1.807, 2.05) is 11.1 Å². The molecule has 3 heterocycles. The van der Waals surface area contributed by atoms with Gasteiger partial charge in [0.2, 0.25) is 5.91 Å². The van der Waals surface area contributed by atoms with Crippen LogP contribution in [0.15, 0.2) is 35.8 Å². The summed E-state index contributed by atoms with van der Waals surface area (Å²) in [7, 11) is 2.10. The van der Waals surface area contributed by atoms with E-state index in [0.29, 0.717) is 6.42 Å². The van der Waals surface area contributed by atoms with Gasteiger partial charge in [-0.05, 0) is 14.0 Å². The molecule has 3 aromatic rings. The Morgan fingerprint density at radius 3 is 2.60 bits per heavy atom. The van der Waals surface area contributed by atoms with E-state index in [2.05, 4.69) is 52.9 Å². The van der Waals surface area contributed by atoms with Gasteiger partial charge in [-0.25, -0.2) is 4.98 Å². The van der Waals surface area contributed by atoms with E-state index in [9.17, 15) is 4.79 Å². The molecule has 1 amide bonds. The van der Waals surface area contributed by atoms with Gasteiger partial charge in [-0.15, -0.1) is 11.3 Å². The summed E-state index contributed by atoms with van der Waals surface area (Å²) in [5.41, 5.74) is 4.33. The largest absolute Gasteiger partial charge is 0.340 e. The Morgan fingerprint density at radius 1 is 1.16 bits per heavy atom. The third-order valence-corrected chi connectivity index (χ3v) is 5.71. The van der Waals surface area contributed by atoms with Crippen LogP contribution < -0.4 is 0 Å². The molecule has 5 nitrogen and oxygen atoms in total. The molecule has 1 fully saturated rings. The number of hydrogen-bond donors (Lipinski definition) is 0. The van der Waals surface area contributed by atoms with E-state index in [-0.39, 0.29) is 5.91 Å². The molecule has 0 spiro atoms. The molecule has 0 N–H and O–H groups in total. The molecule has 0 radical (unpaired) electrons. The highest BCUT2D eigenvalue weighted by Crippen LogP contribution is 2.24. The number of aromatic nitrogens is 2. The monoisotopic (exact) mass is 354 g/mol. The Balaban J connectivity index is 1.54. The number of piperazine rings is 1. The predicted octanol–water partition coefficient (Wildman–Crippen LogP) is 2.69. The summed E-state index contributed by atoms with van der Waals surface area (Å²) in [6.45, 7) is 5.63. The molecule has 0 atom stereocenters. The number of imidazole rings is 1. The Hall–Kier alpha value is -2.18. The number of nitrogens with zero attached hydrogens (tertiary/aromatic N) is 4. The van der Waals surface area contributed by atoms with Crippen molar-refractivity contribution in [2.24, 2.45) is 0 Å². The van der Waals surface area contributed by atoms with Gasteiger partial charge in [0.15, 0.2) is 4.96 Å². The Bertz CT molecular complexity index is 888. The number of thiazole rings is 1. The maximum atomic E-state index is 12.6. The third-order valence-electron chi connectivity index (χ3n) is 4.82. The van der Waals surface area contributed by atoms with Crippen molar-refractivity contribution in [3.05, 3.63) is 47.1 Å². The average Bonchev–Trinajstić information content (AvgIpc) is 3.18. The molecule has 0 aliphatic carbocycles. The van der Waals surface area contributed by atoms with Gasteiger partial charge in [0.1, 0.15) is 0 Å². The molecule has 1 aromatic carbocycles. The van der Waals surface area contributed by atoms with Crippen molar-refractivity contribution in [3.8, 4) is 11.3 Å². The first-order valence-corrected chi connectivity index (χ1v) is 9.47. The lowest BCUT2D eigenvalue weighted by Crippen LogP contribution is -2.47. The number of benzene rings is 1. The van der Waals surface area contributed by atoms with Gasteiger partial charge in [-0.3, -0.25) is 9.20 Å². The zero-order valence-corrected chi connectivity index (χ0v) is 15.4. The molecule has 25 heavy (non-hydrogen) atoms. The van der Waals surface area contributed by atoms with Crippen molar-refractivity contribution < 1.29 is 4.79 Å².